The van der Waals surface area contributed by atoms with E-state index in [0.29, 0.717) is 11.4 Å². The molecular weight excluding hydrogens is 357 g/mol. The second-order valence-electron chi connectivity index (χ2n) is 4.08. The number of alkyl halides is 3. The highest BCUT2D eigenvalue weighted by molar-refractivity contribution is 9.10. The first-order chi connectivity index (χ1) is 9.25. The Kier molecular flexibility index (Phi) is 4.15. The van der Waals surface area contributed by atoms with E-state index in [2.05, 4.69) is 21.2 Å². The van der Waals surface area contributed by atoms with Crippen molar-refractivity contribution in [2.75, 3.05) is 11.1 Å². The Morgan fingerprint density at radius 2 is 1.80 bits per heavy atom. The zero-order valence-corrected chi connectivity index (χ0v) is 12.3. The molecule has 0 radical (unpaired) electrons. The molecule has 2 nitrogen and oxygen atoms in total. The summed E-state index contributed by atoms with van der Waals surface area (Å²) in [6.45, 7) is 0. The van der Waals surface area contributed by atoms with Gasteiger partial charge in [0.15, 0.2) is 0 Å². The molecule has 0 aromatic heterocycles. The van der Waals surface area contributed by atoms with E-state index in [0.717, 1.165) is 16.6 Å². The first-order valence-electron chi connectivity index (χ1n) is 5.45. The van der Waals surface area contributed by atoms with Gasteiger partial charge in [-0.15, -0.1) is 0 Å². The number of halogens is 5. The summed E-state index contributed by atoms with van der Waals surface area (Å²) in [5.74, 6) is 0. The van der Waals surface area contributed by atoms with Crippen molar-refractivity contribution < 1.29 is 13.2 Å². The molecule has 3 N–H and O–H groups in total. The maximum Gasteiger partial charge on any atom is 0.416 e. The molecule has 0 bridgehead atoms. The molecule has 0 fully saturated rings. The first kappa shape index (κ1) is 15.0. The number of nitrogens with one attached hydrogen (secondary N) is 1. The molecule has 7 heteroatoms. The molecule has 2 aromatic rings. The van der Waals surface area contributed by atoms with E-state index in [4.69, 9.17) is 17.3 Å². The first-order valence-corrected chi connectivity index (χ1v) is 6.62. The third kappa shape index (κ3) is 3.58. The lowest BCUT2D eigenvalue weighted by Crippen LogP contribution is -2.06. The Bertz CT molecular complexity index is 644. The van der Waals surface area contributed by atoms with Gasteiger partial charge in [0, 0.05) is 15.2 Å². The third-order valence-corrected chi connectivity index (χ3v) is 3.23. The quantitative estimate of drug-likeness (QED) is 0.695. The minimum Gasteiger partial charge on any atom is -0.397 e. The molecule has 0 aliphatic carbocycles. The van der Waals surface area contributed by atoms with Gasteiger partial charge >= 0.3 is 6.18 Å². The van der Waals surface area contributed by atoms with E-state index >= 15 is 0 Å². The van der Waals surface area contributed by atoms with Crippen molar-refractivity contribution in [3.05, 3.63) is 51.5 Å². The van der Waals surface area contributed by atoms with E-state index in [1.54, 1.807) is 18.2 Å². The van der Waals surface area contributed by atoms with Crippen molar-refractivity contribution >= 4 is 44.6 Å². The Morgan fingerprint density at radius 3 is 2.45 bits per heavy atom. The van der Waals surface area contributed by atoms with Gasteiger partial charge in [-0.25, -0.2) is 0 Å². The molecule has 0 spiro atoms. The highest BCUT2D eigenvalue weighted by Gasteiger charge is 2.31. The normalized spacial score (nSPS) is 11.4. The molecule has 0 unspecified atom stereocenters. The Balaban J connectivity index is 2.39. The van der Waals surface area contributed by atoms with Gasteiger partial charge in [0.05, 0.1) is 16.9 Å². The van der Waals surface area contributed by atoms with Crippen molar-refractivity contribution in [1.29, 1.82) is 0 Å². The average Bonchev–Trinajstić information content (AvgIpc) is 2.32. The van der Waals surface area contributed by atoms with Gasteiger partial charge in [0.1, 0.15) is 0 Å². The lowest BCUT2D eigenvalue weighted by molar-refractivity contribution is -0.137. The average molecular weight is 366 g/mol. The van der Waals surface area contributed by atoms with Gasteiger partial charge in [0.25, 0.3) is 0 Å². The van der Waals surface area contributed by atoms with Gasteiger partial charge in [-0.3, -0.25) is 0 Å². The number of rotatable bonds is 2. The number of hydrogen-bond donors (Lipinski definition) is 2. The van der Waals surface area contributed by atoms with Crippen molar-refractivity contribution in [2.45, 2.75) is 6.18 Å². The Hall–Kier alpha value is -1.40. The Labute approximate surface area is 126 Å². The minimum absolute atomic E-state index is 0.00380. The molecule has 0 aliphatic rings. The molecule has 0 saturated heterocycles. The standard InChI is InChI=1S/C13H9BrClF3N2/c14-8-1-2-11(19)12(5-8)20-10-4-7(13(16,17)18)3-9(15)6-10/h1-6,20H,19H2. The SMILES string of the molecule is Nc1ccc(Br)cc1Nc1cc(Cl)cc(C(F)(F)F)c1. The van der Waals surface area contributed by atoms with Gasteiger partial charge in [0.2, 0.25) is 0 Å². The van der Waals surface area contributed by atoms with Crippen LogP contribution in [0, 0.1) is 0 Å². The lowest BCUT2D eigenvalue weighted by atomic mass is 10.2. The smallest absolute Gasteiger partial charge is 0.397 e. The van der Waals surface area contributed by atoms with Crippen molar-refractivity contribution in [1.82, 2.24) is 0 Å². The monoisotopic (exact) mass is 364 g/mol. The number of nitrogen functional groups attached to an aromatic ring is 1. The van der Waals surface area contributed by atoms with E-state index in [1.165, 1.54) is 6.07 Å². The summed E-state index contributed by atoms with van der Waals surface area (Å²) in [7, 11) is 0. The van der Waals surface area contributed by atoms with Gasteiger partial charge in [-0.2, -0.15) is 13.2 Å². The van der Waals surface area contributed by atoms with Crippen LogP contribution < -0.4 is 11.1 Å². The molecule has 0 aliphatic heterocycles. The fourth-order valence-corrected chi connectivity index (χ4v) is 2.21. The third-order valence-electron chi connectivity index (χ3n) is 2.52. The topological polar surface area (TPSA) is 38.0 Å². The van der Waals surface area contributed by atoms with E-state index < -0.39 is 11.7 Å². The fraction of sp³-hybridized carbons (Fsp3) is 0.0769. The molecular formula is C13H9BrClF3N2. The summed E-state index contributed by atoms with van der Waals surface area (Å²) in [5.41, 5.74) is 6.07. The molecule has 106 valence electrons. The van der Waals surface area contributed by atoms with Crippen LogP contribution in [0.5, 0.6) is 0 Å². The highest BCUT2D eigenvalue weighted by Crippen LogP contribution is 2.35. The number of anilines is 3. The zero-order valence-electron chi connectivity index (χ0n) is 9.93. The fourth-order valence-electron chi connectivity index (χ4n) is 1.62. The number of nitrogens with two attached hydrogens (primary N) is 1. The predicted octanol–water partition coefficient (Wildman–Crippen LogP) is 5.45. The molecule has 20 heavy (non-hydrogen) atoms. The largest absolute Gasteiger partial charge is 0.416 e. The molecule has 0 atom stereocenters. The van der Waals surface area contributed by atoms with Crippen molar-refractivity contribution in [2.24, 2.45) is 0 Å². The van der Waals surface area contributed by atoms with E-state index in [9.17, 15) is 13.2 Å². The van der Waals surface area contributed by atoms with Crippen LogP contribution in [0.25, 0.3) is 0 Å². The highest BCUT2D eigenvalue weighted by atomic mass is 79.9. The second-order valence-corrected chi connectivity index (χ2v) is 5.44. The lowest BCUT2D eigenvalue weighted by Gasteiger charge is -2.13. The summed E-state index contributed by atoms with van der Waals surface area (Å²) in [5, 5.41) is 2.82. The summed E-state index contributed by atoms with van der Waals surface area (Å²) in [4.78, 5) is 0. The minimum atomic E-state index is -4.45. The Morgan fingerprint density at radius 1 is 1.10 bits per heavy atom. The summed E-state index contributed by atoms with van der Waals surface area (Å²) in [6, 6.07) is 8.30. The maximum absolute atomic E-state index is 12.7. The van der Waals surface area contributed by atoms with Crippen molar-refractivity contribution in [3.8, 4) is 0 Å². The van der Waals surface area contributed by atoms with Crippen LogP contribution in [0.15, 0.2) is 40.9 Å². The van der Waals surface area contributed by atoms with Crippen molar-refractivity contribution in [3.63, 3.8) is 0 Å². The van der Waals surface area contributed by atoms with Crippen LogP contribution in [0.2, 0.25) is 5.02 Å². The van der Waals surface area contributed by atoms with Crippen LogP contribution in [-0.4, -0.2) is 0 Å². The van der Waals surface area contributed by atoms with E-state index in [1.807, 2.05) is 0 Å². The summed E-state index contributed by atoms with van der Waals surface area (Å²) >= 11 is 8.98. The maximum atomic E-state index is 12.7. The summed E-state index contributed by atoms with van der Waals surface area (Å²) < 4.78 is 38.9. The second kappa shape index (κ2) is 5.54. The van der Waals surface area contributed by atoms with Crippen LogP contribution >= 0.6 is 27.5 Å². The molecule has 0 saturated carbocycles. The number of hydrogen-bond acceptors (Lipinski definition) is 2. The predicted molar refractivity (Wildman–Crippen MR) is 78.3 cm³/mol. The zero-order chi connectivity index (χ0) is 14.9. The molecule has 0 heterocycles. The van der Waals surface area contributed by atoms with Gasteiger partial charge in [-0.1, -0.05) is 27.5 Å². The van der Waals surface area contributed by atoms with Crippen LogP contribution in [0.4, 0.5) is 30.2 Å². The molecule has 2 aromatic carbocycles. The van der Waals surface area contributed by atoms with Gasteiger partial charge < -0.3 is 11.1 Å². The molecule has 0 amide bonds. The van der Waals surface area contributed by atoms with Crippen LogP contribution in [-0.2, 0) is 6.18 Å². The van der Waals surface area contributed by atoms with Crippen LogP contribution in [0.1, 0.15) is 5.56 Å². The molecule has 2 rings (SSSR count). The van der Waals surface area contributed by atoms with Gasteiger partial charge in [-0.05, 0) is 36.4 Å². The van der Waals surface area contributed by atoms with E-state index in [-0.39, 0.29) is 10.7 Å². The van der Waals surface area contributed by atoms with Crippen LogP contribution in [0.3, 0.4) is 0 Å². The number of benzene rings is 2. The summed E-state index contributed by atoms with van der Waals surface area (Å²) in [6.07, 6.45) is -4.45.